The van der Waals surface area contributed by atoms with Crippen LogP contribution in [0.5, 0.6) is 0 Å². The molecule has 0 aromatic heterocycles. The summed E-state index contributed by atoms with van der Waals surface area (Å²) in [6, 6.07) is 0. The van der Waals surface area contributed by atoms with Crippen molar-refractivity contribution >= 4 is 5.91 Å². The number of hydrogen-bond donors (Lipinski definition) is 1. The molecule has 0 saturated carbocycles. The van der Waals surface area contributed by atoms with Gasteiger partial charge >= 0.3 is 0 Å². The summed E-state index contributed by atoms with van der Waals surface area (Å²) in [5.74, 6) is 0.392. The fourth-order valence-corrected chi connectivity index (χ4v) is 2.64. The lowest BCUT2D eigenvalue weighted by Crippen LogP contribution is -2.36. The van der Waals surface area contributed by atoms with Gasteiger partial charge in [0.05, 0.1) is 0 Å². The molecule has 0 aliphatic carbocycles. The van der Waals surface area contributed by atoms with Crippen molar-refractivity contribution in [3.8, 4) is 0 Å². The first-order chi connectivity index (χ1) is 7.58. The Labute approximate surface area is 99.4 Å². The minimum Gasteiger partial charge on any atom is -0.342 e. The van der Waals surface area contributed by atoms with Crippen molar-refractivity contribution in [3.63, 3.8) is 0 Å². The molecule has 0 radical (unpaired) electrons. The Kier molecular flexibility index (Phi) is 4.78. The van der Waals surface area contributed by atoms with E-state index in [4.69, 9.17) is 5.73 Å². The van der Waals surface area contributed by atoms with Crippen LogP contribution in [-0.4, -0.2) is 30.4 Å². The predicted molar refractivity (Wildman–Crippen MR) is 67.0 cm³/mol. The highest BCUT2D eigenvalue weighted by molar-refractivity contribution is 5.78. The molecule has 0 aromatic carbocycles. The lowest BCUT2D eigenvalue weighted by molar-refractivity contribution is -0.134. The maximum absolute atomic E-state index is 12.1. The number of hydrogen-bond acceptors (Lipinski definition) is 2. The molecular weight excluding hydrogens is 200 g/mol. The van der Waals surface area contributed by atoms with Crippen LogP contribution in [0, 0.1) is 11.3 Å². The number of nitrogens with zero attached hydrogens (tertiary/aromatic N) is 1. The van der Waals surface area contributed by atoms with Gasteiger partial charge in [-0.2, -0.15) is 0 Å². The van der Waals surface area contributed by atoms with E-state index in [0.717, 1.165) is 19.5 Å². The minimum atomic E-state index is 0.0921. The molecule has 2 N–H and O–H groups in total. The lowest BCUT2D eigenvalue weighted by atomic mass is 9.82. The second-order valence-electron chi connectivity index (χ2n) is 5.20. The van der Waals surface area contributed by atoms with Crippen LogP contribution in [-0.2, 0) is 4.79 Å². The zero-order chi connectivity index (χ0) is 12.2. The van der Waals surface area contributed by atoms with Gasteiger partial charge in [-0.05, 0) is 37.6 Å². The molecule has 1 saturated heterocycles. The summed E-state index contributed by atoms with van der Waals surface area (Å²) in [4.78, 5) is 14.2. The quantitative estimate of drug-likeness (QED) is 0.779. The van der Waals surface area contributed by atoms with Crippen LogP contribution < -0.4 is 5.73 Å². The normalized spacial score (nSPS) is 21.1. The topological polar surface area (TPSA) is 46.3 Å². The molecule has 16 heavy (non-hydrogen) atoms. The maximum Gasteiger partial charge on any atom is 0.225 e. The van der Waals surface area contributed by atoms with E-state index in [2.05, 4.69) is 13.8 Å². The highest BCUT2D eigenvalue weighted by Crippen LogP contribution is 2.37. The number of rotatable bonds is 5. The molecule has 94 valence electrons. The third kappa shape index (κ3) is 2.76. The molecule has 1 aliphatic heterocycles. The molecular formula is C13H26N2O. The Morgan fingerprint density at radius 1 is 1.44 bits per heavy atom. The van der Waals surface area contributed by atoms with Gasteiger partial charge in [-0.1, -0.05) is 20.8 Å². The highest BCUT2D eigenvalue weighted by Gasteiger charge is 2.37. The summed E-state index contributed by atoms with van der Waals surface area (Å²) in [6.45, 7) is 8.96. The van der Waals surface area contributed by atoms with Gasteiger partial charge in [-0.3, -0.25) is 4.79 Å². The van der Waals surface area contributed by atoms with E-state index in [1.165, 1.54) is 19.3 Å². The fourth-order valence-electron chi connectivity index (χ4n) is 2.64. The molecule has 1 fully saturated rings. The summed E-state index contributed by atoms with van der Waals surface area (Å²) < 4.78 is 0. The number of nitrogens with two attached hydrogens (primary N) is 1. The molecule has 1 aliphatic rings. The SMILES string of the molecule is CCC1(CC)CCN(C(=O)C(C)CCN)C1. The highest BCUT2D eigenvalue weighted by atomic mass is 16.2. The monoisotopic (exact) mass is 226 g/mol. The van der Waals surface area contributed by atoms with E-state index in [9.17, 15) is 4.79 Å². The van der Waals surface area contributed by atoms with Crippen LogP contribution in [0.25, 0.3) is 0 Å². The average molecular weight is 226 g/mol. The van der Waals surface area contributed by atoms with Crippen LogP contribution in [0.15, 0.2) is 0 Å². The van der Waals surface area contributed by atoms with Gasteiger partial charge in [-0.15, -0.1) is 0 Å². The van der Waals surface area contributed by atoms with Gasteiger partial charge in [0.25, 0.3) is 0 Å². The third-order valence-corrected chi connectivity index (χ3v) is 4.27. The van der Waals surface area contributed by atoms with E-state index in [0.29, 0.717) is 17.9 Å². The second kappa shape index (κ2) is 5.67. The molecule has 0 spiro atoms. The molecule has 1 unspecified atom stereocenters. The summed E-state index contributed by atoms with van der Waals surface area (Å²) in [7, 11) is 0. The molecule has 0 aromatic rings. The van der Waals surface area contributed by atoms with Gasteiger partial charge in [0.2, 0.25) is 5.91 Å². The van der Waals surface area contributed by atoms with Gasteiger partial charge in [0.15, 0.2) is 0 Å². The van der Waals surface area contributed by atoms with Gasteiger partial charge < -0.3 is 10.6 Å². The molecule has 3 nitrogen and oxygen atoms in total. The van der Waals surface area contributed by atoms with Gasteiger partial charge in [-0.25, -0.2) is 0 Å². The number of likely N-dealkylation sites (tertiary alicyclic amines) is 1. The zero-order valence-electron chi connectivity index (χ0n) is 11.0. The Morgan fingerprint density at radius 3 is 2.50 bits per heavy atom. The molecule has 1 heterocycles. The van der Waals surface area contributed by atoms with Gasteiger partial charge in [0, 0.05) is 19.0 Å². The van der Waals surface area contributed by atoms with E-state index in [-0.39, 0.29) is 5.92 Å². The molecule has 1 rings (SSSR count). The number of amides is 1. The van der Waals surface area contributed by atoms with Crippen LogP contribution in [0.1, 0.15) is 46.5 Å². The van der Waals surface area contributed by atoms with Crippen LogP contribution in [0.3, 0.4) is 0 Å². The van der Waals surface area contributed by atoms with Crippen molar-refractivity contribution in [1.82, 2.24) is 4.90 Å². The second-order valence-corrected chi connectivity index (χ2v) is 5.20. The summed E-state index contributed by atoms with van der Waals surface area (Å²) in [5, 5.41) is 0. The maximum atomic E-state index is 12.1. The van der Waals surface area contributed by atoms with E-state index in [1.54, 1.807) is 0 Å². The van der Waals surface area contributed by atoms with Gasteiger partial charge in [0.1, 0.15) is 0 Å². The fraction of sp³-hybridized carbons (Fsp3) is 0.923. The van der Waals surface area contributed by atoms with Crippen LogP contribution >= 0.6 is 0 Å². The zero-order valence-corrected chi connectivity index (χ0v) is 11.0. The van der Waals surface area contributed by atoms with Crippen molar-refractivity contribution in [2.75, 3.05) is 19.6 Å². The minimum absolute atomic E-state index is 0.0921. The van der Waals surface area contributed by atoms with E-state index < -0.39 is 0 Å². The summed E-state index contributed by atoms with van der Waals surface area (Å²) >= 11 is 0. The average Bonchev–Trinajstić information content (AvgIpc) is 2.73. The molecule has 0 bridgehead atoms. The summed E-state index contributed by atoms with van der Waals surface area (Å²) in [5.41, 5.74) is 5.89. The largest absolute Gasteiger partial charge is 0.342 e. The van der Waals surface area contributed by atoms with E-state index >= 15 is 0 Å². The van der Waals surface area contributed by atoms with Crippen molar-refractivity contribution in [2.45, 2.75) is 46.5 Å². The first kappa shape index (κ1) is 13.5. The summed E-state index contributed by atoms with van der Waals surface area (Å²) in [6.07, 6.45) is 4.33. The molecule has 1 amide bonds. The molecule has 3 heteroatoms. The first-order valence-corrected chi connectivity index (χ1v) is 6.57. The lowest BCUT2D eigenvalue weighted by Gasteiger charge is -2.27. The third-order valence-electron chi connectivity index (χ3n) is 4.27. The van der Waals surface area contributed by atoms with Crippen LogP contribution in [0.4, 0.5) is 0 Å². The number of carbonyl (C=O) groups excluding carboxylic acids is 1. The Hall–Kier alpha value is -0.570. The first-order valence-electron chi connectivity index (χ1n) is 6.57. The molecule has 1 atom stereocenters. The van der Waals surface area contributed by atoms with Crippen LogP contribution in [0.2, 0.25) is 0 Å². The predicted octanol–water partition coefficient (Wildman–Crippen LogP) is 2.01. The smallest absolute Gasteiger partial charge is 0.225 e. The Morgan fingerprint density at radius 2 is 2.06 bits per heavy atom. The number of carbonyl (C=O) groups is 1. The Balaban J connectivity index is 2.55. The Bertz CT molecular complexity index is 236. The van der Waals surface area contributed by atoms with Crippen molar-refractivity contribution in [1.29, 1.82) is 0 Å². The van der Waals surface area contributed by atoms with Crippen molar-refractivity contribution < 1.29 is 4.79 Å². The van der Waals surface area contributed by atoms with Crippen molar-refractivity contribution in [2.24, 2.45) is 17.1 Å². The standard InChI is InChI=1S/C13H26N2O/c1-4-13(5-2)7-9-15(10-13)12(16)11(3)6-8-14/h11H,4-10,14H2,1-3H3. The van der Waals surface area contributed by atoms with Crippen molar-refractivity contribution in [3.05, 3.63) is 0 Å². The van der Waals surface area contributed by atoms with E-state index in [1.807, 2.05) is 11.8 Å².